The van der Waals surface area contributed by atoms with Gasteiger partial charge in [0, 0.05) is 28.0 Å². The minimum absolute atomic E-state index is 0.234. The van der Waals surface area contributed by atoms with E-state index in [9.17, 15) is 0 Å². The molecule has 1 aliphatic heterocycles. The van der Waals surface area contributed by atoms with E-state index in [4.69, 9.17) is 0 Å². The van der Waals surface area contributed by atoms with Crippen molar-refractivity contribution in [3.8, 4) is 55.6 Å². The highest BCUT2D eigenvalue weighted by molar-refractivity contribution is 6.02. The zero-order valence-corrected chi connectivity index (χ0v) is 40.3. The van der Waals surface area contributed by atoms with Gasteiger partial charge in [0.25, 0.3) is 0 Å². The maximum Gasteiger partial charge on any atom is 0.0755 e. The Balaban J connectivity index is 0.970. The number of nitrogens with zero attached hydrogens (tertiary/aromatic N) is 2. The van der Waals surface area contributed by atoms with Crippen molar-refractivity contribution in [3.63, 3.8) is 0 Å². The highest BCUT2D eigenvalue weighted by atomic mass is 15.2. The van der Waals surface area contributed by atoms with Crippen molar-refractivity contribution in [3.05, 3.63) is 300 Å². The number of fused-ring (bicyclic) bond motifs is 12. The molecule has 0 saturated heterocycles. The van der Waals surface area contributed by atoms with Gasteiger partial charge in [-0.15, -0.1) is 0 Å². The molecule has 0 saturated carbocycles. The normalized spacial score (nSPS) is 13.9. The highest BCUT2D eigenvalue weighted by Crippen LogP contribution is 2.65. The molecular formula is C70H50N2. The third-order valence-corrected chi connectivity index (χ3v) is 15.9. The first kappa shape index (κ1) is 41.9. The Morgan fingerprint density at radius 1 is 0.306 bits per heavy atom. The van der Waals surface area contributed by atoms with Crippen molar-refractivity contribution in [2.45, 2.75) is 24.7 Å². The second-order valence-electron chi connectivity index (χ2n) is 20.0. The summed E-state index contributed by atoms with van der Waals surface area (Å²) in [6.45, 7) is 4.80. The van der Waals surface area contributed by atoms with Crippen molar-refractivity contribution in [2.75, 3.05) is 9.80 Å². The second-order valence-corrected chi connectivity index (χ2v) is 20.0. The Bertz CT molecular complexity index is 3820. The summed E-state index contributed by atoms with van der Waals surface area (Å²) < 4.78 is 0. The number of hydrogen-bond acceptors (Lipinski definition) is 2. The molecule has 0 radical (unpaired) electrons. The van der Waals surface area contributed by atoms with Crippen LogP contribution < -0.4 is 9.80 Å². The highest BCUT2D eigenvalue weighted by Gasteiger charge is 2.52. The van der Waals surface area contributed by atoms with Crippen molar-refractivity contribution in [2.24, 2.45) is 0 Å². The maximum absolute atomic E-state index is 2.53. The molecule has 0 fully saturated rings. The maximum atomic E-state index is 2.53. The Morgan fingerprint density at radius 3 is 1.38 bits per heavy atom. The molecule has 1 spiro atoms. The van der Waals surface area contributed by atoms with Gasteiger partial charge in [0.1, 0.15) is 0 Å². The molecule has 14 rings (SSSR count). The smallest absolute Gasteiger partial charge is 0.0755 e. The zero-order chi connectivity index (χ0) is 48.0. The fourth-order valence-corrected chi connectivity index (χ4v) is 12.6. The van der Waals surface area contributed by atoms with Crippen molar-refractivity contribution < 1.29 is 0 Å². The van der Waals surface area contributed by atoms with Crippen LogP contribution in [0.15, 0.2) is 267 Å². The van der Waals surface area contributed by atoms with Gasteiger partial charge in [-0.3, -0.25) is 0 Å². The van der Waals surface area contributed by atoms with Crippen LogP contribution in [0, 0.1) is 0 Å². The standard InChI is InChI=1S/C70H50N2/c1-69(2)63-45-52(48-21-8-4-9-22-48)39-43-56(63)57-44-42-55(46-64(57)69)71(54-40-37-51(38-41-54)50-35-33-49(34-36-50)47-19-6-3-7-20-47)67-32-18-29-62-68(67)58-25-12-13-26-59(58)70(62)60-27-14-16-30-65(60)72(53-23-10-5-11-24-53)66-31-17-15-28-61(66)70/h3-46H,1-2H3. The van der Waals surface area contributed by atoms with Gasteiger partial charge in [0.2, 0.25) is 0 Å². The first-order valence-corrected chi connectivity index (χ1v) is 25.2. The lowest BCUT2D eigenvalue weighted by Gasteiger charge is -2.45. The molecule has 2 nitrogen and oxygen atoms in total. The van der Waals surface area contributed by atoms with Crippen molar-refractivity contribution >= 4 is 34.1 Å². The van der Waals surface area contributed by atoms with E-state index in [0.29, 0.717) is 0 Å². The number of benzene rings is 11. The molecule has 2 aliphatic carbocycles. The molecule has 1 heterocycles. The zero-order valence-electron chi connectivity index (χ0n) is 40.3. The van der Waals surface area contributed by atoms with Crippen LogP contribution in [-0.4, -0.2) is 0 Å². The summed E-state index contributed by atoms with van der Waals surface area (Å²) in [5.41, 5.74) is 26.3. The average Bonchev–Trinajstić information content (AvgIpc) is 3.88. The molecule has 0 unspecified atom stereocenters. The van der Waals surface area contributed by atoms with Gasteiger partial charge >= 0.3 is 0 Å². The lowest BCUT2D eigenvalue weighted by atomic mass is 9.64. The molecule has 0 atom stereocenters. The van der Waals surface area contributed by atoms with Gasteiger partial charge in [-0.25, -0.2) is 0 Å². The summed E-state index contributed by atoms with van der Waals surface area (Å²) >= 11 is 0. The van der Waals surface area contributed by atoms with E-state index in [-0.39, 0.29) is 5.41 Å². The number of rotatable bonds is 7. The number of anilines is 6. The molecule has 2 heteroatoms. The Morgan fingerprint density at radius 2 is 0.750 bits per heavy atom. The fraction of sp³-hybridized carbons (Fsp3) is 0.0571. The van der Waals surface area contributed by atoms with Crippen LogP contribution in [0.1, 0.15) is 47.2 Å². The van der Waals surface area contributed by atoms with Crippen LogP contribution in [0.25, 0.3) is 55.6 Å². The molecule has 340 valence electrons. The third-order valence-electron chi connectivity index (χ3n) is 15.9. The van der Waals surface area contributed by atoms with E-state index in [0.717, 1.165) is 22.7 Å². The van der Waals surface area contributed by atoms with E-state index < -0.39 is 5.41 Å². The molecule has 0 aromatic heterocycles. The summed E-state index contributed by atoms with van der Waals surface area (Å²) in [5.74, 6) is 0. The largest absolute Gasteiger partial charge is 0.310 e. The van der Waals surface area contributed by atoms with Crippen LogP contribution >= 0.6 is 0 Å². The fourth-order valence-electron chi connectivity index (χ4n) is 12.6. The van der Waals surface area contributed by atoms with E-state index in [1.165, 1.54) is 100 Å². The molecule has 11 aromatic carbocycles. The Labute approximate surface area is 422 Å². The van der Waals surface area contributed by atoms with Crippen molar-refractivity contribution in [1.82, 2.24) is 0 Å². The van der Waals surface area contributed by atoms with Gasteiger partial charge in [-0.2, -0.15) is 0 Å². The van der Waals surface area contributed by atoms with Crippen molar-refractivity contribution in [1.29, 1.82) is 0 Å². The van der Waals surface area contributed by atoms with Crippen LogP contribution in [0.4, 0.5) is 34.1 Å². The molecule has 0 N–H and O–H groups in total. The SMILES string of the molecule is CC1(C)c2cc(-c3ccccc3)ccc2-c2ccc(N(c3ccc(-c4ccc(-c5ccccc5)cc4)cc3)c3cccc4c3-c3ccccc3C43c4ccccc4N(c4ccccc4)c4ccccc43)cc21. The van der Waals surface area contributed by atoms with Gasteiger partial charge < -0.3 is 9.80 Å². The quantitative estimate of drug-likeness (QED) is 0.157. The van der Waals surface area contributed by atoms with E-state index in [2.05, 4.69) is 291 Å². The molecule has 72 heavy (non-hydrogen) atoms. The average molecular weight is 919 g/mol. The first-order valence-electron chi connectivity index (χ1n) is 25.2. The van der Waals surface area contributed by atoms with Crippen LogP contribution in [-0.2, 0) is 10.8 Å². The van der Waals surface area contributed by atoms with Gasteiger partial charge in [-0.05, 0) is 144 Å². The number of para-hydroxylation sites is 3. The van der Waals surface area contributed by atoms with Crippen LogP contribution in [0.2, 0.25) is 0 Å². The van der Waals surface area contributed by atoms with Crippen LogP contribution in [0.3, 0.4) is 0 Å². The summed E-state index contributed by atoms with van der Waals surface area (Å²) in [5, 5.41) is 0. The first-order chi connectivity index (χ1) is 35.5. The molecule has 0 bridgehead atoms. The second kappa shape index (κ2) is 16.3. The van der Waals surface area contributed by atoms with Gasteiger partial charge in [-0.1, -0.05) is 220 Å². The Hall–Kier alpha value is -8.98. The van der Waals surface area contributed by atoms with Gasteiger partial charge in [0.05, 0.1) is 22.5 Å². The summed E-state index contributed by atoms with van der Waals surface area (Å²) in [6, 6.07) is 99.1. The Kier molecular flexibility index (Phi) is 9.50. The molecule has 11 aromatic rings. The summed E-state index contributed by atoms with van der Waals surface area (Å²) in [4.78, 5) is 4.99. The third kappa shape index (κ3) is 6.22. The topological polar surface area (TPSA) is 6.48 Å². The monoisotopic (exact) mass is 918 g/mol. The minimum Gasteiger partial charge on any atom is -0.310 e. The predicted octanol–water partition coefficient (Wildman–Crippen LogP) is 18.6. The number of hydrogen-bond donors (Lipinski definition) is 0. The molecular weight excluding hydrogens is 869 g/mol. The van der Waals surface area contributed by atoms with Crippen LogP contribution in [0.5, 0.6) is 0 Å². The minimum atomic E-state index is -0.583. The molecule has 0 amide bonds. The molecule has 3 aliphatic rings. The van der Waals surface area contributed by atoms with Gasteiger partial charge in [0.15, 0.2) is 0 Å². The summed E-state index contributed by atoms with van der Waals surface area (Å²) in [7, 11) is 0. The lowest BCUT2D eigenvalue weighted by Crippen LogP contribution is -2.36. The van der Waals surface area contributed by atoms with E-state index in [1.54, 1.807) is 0 Å². The van der Waals surface area contributed by atoms with E-state index in [1.807, 2.05) is 0 Å². The summed E-state index contributed by atoms with van der Waals surface area (Å²) in [6.07, 6.45) is 0. The van der Waals surface area contributed by atoms with E-state index >= 15 is 0 Å². The predicted molar refractivity (Wildman–Crippen MR) is 301 cm³/mol. The lowest BCUT2D eigenvalue weighted by molar-refractivity contribution is 0.660.